The monoisotopic (exact) mass is 499 g/mol. The maximum Gasteiger partial charge on any atom is 0.389 e. The Kier molecular flexibility index (Phi) is 8.00. The second-order valence-corrected chi connectivity index (χ2v) is 9.10. The van der Waals surface area contributed by atoms with Crippen molar-refractivity contribution in [2.75, 3.05) is 11.1 Å². The summed E-state index contributed by atoms with van der Waals surface area (Å²) < 4.78 is 53.5. The Morgan fingerprint density at radius 3 is 2.59 bits per heavy atom. The Morgan fingerprint density at radius 1 is 1.29 bits per heavy atom. The van der Waals surface area contributed by atoms with Gasteiger partial charge >= 0.3 is 6.18 Å². The van der Waals surface area contributed by atoms with E-state index in [4.69, 9.17) is 11.7 Å². The Bertz CT molecular complexity index is 1080. The highest BCUT2D eigenvalue weighted by Gasteiger charge is 2.29. The van der Waals surface area contributed by atoms with E-state index in [9.17, 15) is 22.4 Å². The van der Waals surface area contributed by atoms with Crippen molar-refractivity contribution in [1.82, 2.24) is 14.3 Å². The van der Waals surface area contributed by atoms with Crippen molar-refractivity contribution in [1.29, 1.82) is 0 Å². The summed E-state index contributed by atoms with van der Waals surface area (Å²) in [4.78, 5) is 17.1. The Hall–Kier alpha value is -2.90. The molecular weight excluding hydrogens is 474 g/mol. The lowest BCUT2D eigenvalue weighted by atomic mass is 10.1. The number of benzene rings is 1. The van der Waals surface area contributed by atoms with Crippen molar-refractivity contribution < 1.29 is 22.4 Å². The Labute approximate surface area is 198 Å². The van der Waals surface area contributed by atoms with Gasteiger partial charge in [-0.3, -0.25) is 9.80 Å². The molecule has 1 amide bonds. The number of amidine groups is 1. The average Bonchev–Trinajstić information content (AvgIpc) is 3.14. The van der Waals surface area contributed by atoms with E-state index in [1.54, 1.807) is 16.4 Å². The number of nitrogens with one attached hydrogen (secondary N) is 1. The molecule has 0 saturated heterocycles. The van der Waals surface area contributed by atoms with Gasteiger partial charge in [0.05, 0.1) is 12.0 Å². The molecule has 0 fully saturated rings. The molecular formula is C21H25F4N7OS. The van der Waals surface area contributed by atoms with E-state index in [-0.39, 0.29) is 29.0 Å². The van der Waals surface area contributed by atoms with Gasteiger partial charge in [-0.15, -0.1) is 0 Å². The molecule has 5 N–H and O–H groups in total. The van der Waals surface area contributed by atoms with E-state index in [0.29, 0.717) is 29.9 Å². The highest BCUT2D eigenvalue weighted by atomic mass is 32.2. The molecule has 1 aliphatic heterocycles. The molecule has 0 atom stereocenters. The smallest absolute Gasteiger partial charge is 0.321 e. The topological polar surface area (TPSA) is 113 Å². The zero-order chi connectivity index (χ0) is 25.0. The van der Waals surface area contributed by atoms with Crippen LogP contribution in [0.5, 0.6) is 0 Å². The second-order valence-electron chi connectivity index (χ2n) is 7.91. The average molecular weight is 500 g/mol. The van der Waals surface area contributed by atoms with Crippen LogP contribution in [0.15, 0.2) is 35.4 Å². The maximum absolute atomic E-state index is 14.7. The van der Waals surface area contributed by atoms with Gasteiger partial charge in [0.25, 0.3) is 5.91 Å². The van der Waals surface area contributed by atoms with E-state index < -0.39 is 24.3 Å². The fourth-order valence-corrected chi connectivity index (χ4v) is 4.31. The number of halogens is 4. The first-order chi connectivity index (χ1) is 16.0. The number of rotatable bonds is 7. The summed E-state index contributed by atoms with van der Waals surface area (Å²) >= 11 is 1.05. The molecule has 34 heavy (non-hydrogen) atoms. The minimum absolute atomic E-state index is 0.117. The first-order valence-electron chi connectivity index (χ1n) is 10.3. The first kappa shape index (κ1) is 25.7. The quantitative estimate of drug-likeness (QED) is 0.133. The highest BCUT2D eigenvalue weighted by Crippen LogP contribution is 2.32. The Balaban J connectivity index is 1.71. The molecule has 8 nitrogen and oxygen atoms in total. The van der Waals surface area contributed by atoms with E-state index in [1.165, 1.54) is 23.2 Å². The number of hydrazone groups is 1. The number of hydrogen-bond donors (Lipinski definition) is 3. The van der Waals surface area contributed by atoms with Crippen molar-refractivity contribution in [3.05, 3.63) is 58.5 Å². The molecule has 1 aromatic carbocycles. The number of alkyl halides is 3. The number of carbonyl (C=O) groups is 1. The van der Waals surface area contributed by atoms with E-state index >= 15 is 0 Å². The van der Waals surface area contributed by atoms with Crippen LogP contribution in [0.25, 0.3) is 0 Å². The standard InChI is InChI=1S/C21H25F4N7OS/c1-12(2)32(27)19(30-26)17-4-3-5-18(28-17)29-20(33)15-8-13-10-31(11-14(13)9-16(15)22)34-7-6-21(23,24)25/h3-5,8-9,12H,6-7,10-11,26-27H2,1-2H3,(H,28,29,33)/b30-19-. The number of pyridine rings is 1. The first-order valence-corrected chi connectivity index (χ1v) is 11.3. The molecule has 2 heterocycles. The predicted molar refractivity (Wildman–Crippen MR) is 123 cm³/mol. The molecule has 0 radical (unpaired) electrons. The lowest BCUT2D eigenvalue weighted by Crippen LogP contribution is -2.44. The molecule has 13 heteroatoms. The van der Waals surface area contributed by atoms with Gasteiger partial charge < -0.3 is 11.2 Å². The van der Waals surface area contributed by atoms with Crippen LogP contribution in [0.3, 0.4) is 0 Å². The van der Waals surface area contributed by atoms with Crippen LogP contribution in [-0.4, -0.2) is 44.0 Å². The van der Waals surface area contributed by atoms with Gasteiger partial charge in [-0.05, 0) is 49.2 Å². The molecule has 3 rings (SSSR count). The van der Waals surface area contributed by atoms with Crippen molar-refractivity contribution in [2.24, 2.45) is 16.8 Å². The number of aromatic nitrogens is 1. The van der Waals surface area contributed by atoms with Gasteiger partial charge in [0, 0.05) is 24.9 Å². The number of hydrazine groups is 1. The number of nitrogens with zero attached hydrogens (tertiary/aromatic N) is 4. The zero-order valence-corrected chi connectivity index (χ0v) is 19.4. The maximum atomic E-state index is 14.7. The normalized spacial score (nSPS) is 14.4. The third-order valence-electron chi connectivity index (χ3n) is 5.03. The van der Waals surface area contributed by atoms with Gasteiger partial charge in [-0.1, -0.05) is 18.0 Å². The van der Waals surface area contributed by atoms with Crippen LogP contribution in [0.1, 0.15) is 47.4 Å². The number of hydrogen-bond acceptors (Lipinski definition) is 7. The fourth-order valence-electron chi connectivity index (χ4n) is 3.27. The molecule has 2 aromatic rings. The zero-order valence-electron chi connectivity index (χ0n) is 18.6. The number of amides is 1. The number of carbonyl (C=O) groups excluding carboxylic acids is 1. The second kappa shape index (κ2) is 10.6. The summed E-state index contributed by atoms with van der Waals surface area (Å²) in [6, 6.07) is 7.30. The van der Waals surface area contributed by atoms with Crippen molar-refractivity contribution in [2.45, 2.75) is 45.6 Å². The molecule has 1 aliphatic rings. The minimum Gasteiger partial charge on any atom is -0.321 e. The van der Waals surface area contributed by atoms with Crippen LogP contribution in [0.4, 0.5) is 23.4 Å². The van der Waals surface area contributed by atoms with Crippen molar-refractivity contribution in [3.63, 3.8) is 0 Å². The van der Waals surface area contributed by atoms with Crippen LogP contribution < -0.4 is 17.0 Å². The van der Waals surface area contributed by atoms with Crippen LogP contribution in [0, 0.1) is 5.82 Å². The largest absolute Gasteiger partial charge is 0.389 e. The third kappa shape index (κ3) is 6.36. The molecule has 0 bridgehead atoms. The van der Waals surface area contributed by atoms with E-state index in [1.807, 2.05) is 13.8 Å². The summed E-state index contributed by atoms with van der Waals surface area (Å²) in [5.41, 5.74) is 1.44. The van der Waals surface area contributed by atoms with E-state index in [2.05, 4.69) is 15.4 Å². The van der Waals surface area contributed by atoms with Crippen LogP contribution >= 0.6 is 11.9 Å². The lowest BCUT2D eigenvalue weighted by Gasteiger charge is -2.23. The summed E-state index contributed by atoms with van der Waals surface area (Å²) in [6.45, 7) is 4.28. The summed E-state index contributed by atoms with van der Waals surface area (Å²) in [5, 5.41) is 7.54. The molecule has 0 spiro atoms. The van der Waals surface area contributed by atoms with Gasteiger partial charge in [0.2, 0.25) is 0 Å². The highest BCUT2D eigenvalue weighted by molar-refractivity contribution is 7.96. The van der Waals surface area contributed by atoms with Gasteiger partial charge in [0.1, 0.15) is 17.3 Å². The molecule has 0 saturated carbocycles. The summed E-state index contributed by atoms with van der Waals surface area (Å²) in [7, 11) is 0. The SMILES string of the molecule is CC(C)N(N)/C(=N\N)c1cccc(NC(=O)c2cc3c(cc2F)CN(SCCC(F)(F)F)C3)n1. The molecule has 184 valence electrons. The number of fused-ring (bicyclic) bond motifs is 1. The van der Waals surface area contributed by atoms with Gasteiger partial charge in [0.15, 0.2) is 5.84 Å². The summed E-state index contributed by atoms with van der Waals surface area (Å²) in [6.07, 6.45) is -5.13. The van der Waals surface area contributed by atoms with Crippen molar-refractivity contribution >= 4 is 29.5 Å². The predicted octanol–water partition coefficient (Wildman–Crippen LogP) is 3.59. The molecule has 0 aliphatic carbocycles. The lowest BCUT2D eigenvalue weighted by molar-refractivity contribution is -0.129. The number of anilines is 1. The third-order valence-corrected chi connectivity index (χ3v) is 6.04. The number of nitrogens with two attached hydrogens (primary N) is 2. The summed E-state index contributed by atoms with van der Waals surface area (Å²) in [5.74, 6) is 10.2. The fraction of sp³-hybridized carbons (Fsp3) is 0.381. The van der Waals surface area contributed by atoms with Crippen molar-refractivity contribution in [3.8, 4) is 0 Å². The van der Waals surface area contributed by atoms with Gasteiger partial charge in [-0.2, -0.15) is 18.3 Å². The molecule has 0 unspecified atom stereocenters. The minimum atomic E-state index is -4.23. The van der Waals surface area contributed by atoms with Crippen LogP contribution in [-0.2, 0) is 13.1 Å². The van der Waals surface area contributed by atoms with Gasteiger partial charge in [-0.25, -0.2) is 19.5 Å². The van der Waals surface area contributed by atoms with Crippen LogP contribution in [0.2, 0.25) is 0 Å². The van der Waals surface area contributed by atoms with E-state index in [0.717, 1.165) is 11.9 Å². The Morgan fingerprint density at radius 2 is 1.97 bits per heavy atom. The molecule has 1 aromatic heterocycles.